The van der Waals surface area contributed by atoms with E-state index in [2.05, 4.69) is 9.24 Å². The summed E-state index contributed by atoms with van der Waals surface area (Å²) in [7, 11) is 2.47. The fraction of sp³-hybridized carbons (Fsp3) is 0.143. The number of hydrogen-bond donors (Lipinski definition) is 2. The van der Waals surface area contributed by atoms with E-state index in [-0.39, 0.29) is 6.54 Å². The number of nitrogens with two attached hydrogens (primary N) is 1. The van der Waals surface area contributed by atoms with E-state index in [1.165, 1.54) is 0 Å². The van der Waals surface area contributed by atoms with Gasteiger partial charge in [-0.25, -0.2) is 4.21 Å². The van der Waals surface area contributed by atoms with Gasteiger partial charge in [0.2, 0.25) is 0 Å². The molecule has 0 saturated carbocycles. The first-order valence-corrected chi connectivity index (χ1v) is 5.03. The van der Waals surface area contributed by atoms with Gasteiger partial charge in [-0.15, -0.1) is 9.24 Å². The van der Waals surface area contributed by atoms with Crippen molar-refractivity contribution >= 4 is 25.6 Å². The Balaban J connectivity index is 3.21. The zero-order chi connectivity index (χ0) is 9.14. The maximum absolute atomic E-state index is 10.8. The smallest absolute Gasteiger partial charge is 0.186 e. The van der Waals surface area contributed by atoms with E-state index < -0.39 is 11.1 Å². The molecule has 2 atom stereocenters. The van der Waals surface area contributed by atoms with Gasteiger partial charge in [-0.3, -0.25) is 0 Å². The fourth-order valence-corrected chi connectivity index (χ4v) is 1.90. The van der Waals surface area contributed by atoms with Crippen molar-refractivity contribution in [1.29, 1.82) is 0 Å². The van der Waals surface area contributed by atoms with Crippen molar-refractivity contribution in [2.75, 3.05) is 0 Å². The average molecular weight is 203 g/mol. The van der Waals surface area contributed by atoms with Gasteiger partial charge in [-0.05, 0) is 16.9 Å². The van der Waals surface area contributed by atoms with Gasteiger partial charge in [0.15, 0.2) is 11.1 Å². The van der Waals surface area contributed by atoms with E-state index in [0.29, 0.717) is 10.5 Å². The molecule has 0 fully saturated rings. The highest BCUT2D eigenvalue weighted by atomic mass is 32.2. The molecule has 12 heavy (non-hydrogen) atoms. The molecule has 66 valence electrons. The third kappa shape index (κ3) is 2.11. The summed E-state index contributed by atoms with van der Waals surface area (Å²) in [5.74, 6) is 0. The minimum Gasteiger partial charge on any atom is -0.326 e. The first-order chi connectivity index (χ1) is 5.65. The molecule has 0 aromatic heterocycles. The van der Waals surface area contributed by atoms with Crippen molar-refractivity contribution in [3.63, 3.8) is 0 Å². The summed E-state index contributed by atoms with van der Waals surface area (Å²) < 4.78 is 19.6. The molecular formula is C7H10NO2PS. The molecule has 0 radical (unpaired) electrons. The Morgan fingerprint density at radius 1 is 1.58 bits per heavy atom. The third-order valence-electron chi connectivity index (χ3n) is 1.50. The summed E-state index contributed by atoms with van der Waals surface area (Å²) >= 11 is -1.94. The minimum absolute atomic E-state index is 0.284. The van der Waals surface area contributed by atoms with Crippen LogP contribution in [-0.4, -0.2) is 8.76 Å². The largest absolute Gasteiger partial charge is 0.326 e. The van der Waals surface area contributed by atoms with Gasteiger partial charge < -0.3 is 10.3 Å². The summed E-state index contributed by atoms with van der Waals surface area (Å²) in [5.41, 5.74) is 6.10. The van der Waals surface area contributed by atoms with Crippen LogP contribution in [0.15, 0.2) is 23.1 Å². The van der Waals surface area contributed by atoms with Crippen LogP contribution in [0.25, 0.3) is 0 Å². The maximum Gasteiger partial charge on any atom is 0.186 e. The van der Waals surface area contributed by atoms with Crippen LogP contribution >= 0.6 is 9.24 Å². The molecule has 1 rings (SSSR count). The Hall–Kier alpha value is -0.280. The lowest BCUT2D eigenvalue weighted by Crippen LogP contribution is -2.05. The second-order valence-corrected chi connectivity index (χ2v) is 3.93. The highest BCUT2D eigenvalue weighted by molar-refractivity contribution is 7.79. The standard InChI is InChI=1S/C7H10NO2PS/c8-4-5-1-2-6(11)3-7(5)12(9)10/h1-3H,4,8,11H2,(H,9,10). The van der Waals surface area contributed by atoms with Crippen molar-refractivity contribution < 1.29 is 8.76 Å². The predicted molar refractivity (Wildman–Crippen MR) is 52.7 cm³/mol. The number of rotatable bonds is 2. The molecular weight excluding hydrogens is 193 g/mol. The zero-order valence-electron chi connectivity index (χ0n) is 6.36. The van der Waals surface area contributed by atoms with Gasteiger partial charge in [0, 0.05) is 6.54 Å². The van der Waals surface area contributed by atoms with E-state index in [1.807, 2.05) is 6.07 Å². The van der Waals surface area contributed by atoms with Crippen molar-refractivity contribution in [2.24, 2.45) is 5.73 Å². The summed E-state index contributed by atoms with van der Waals surface area (Å²) in [4.78, 5) is 0.394. The summed E-state index contributed by atoms with van der Waals surface area (Å²) in [6.45, 7) is 0.284. The van der Waals surface area contributed by atoms with Gasteiger partial charge in [-0.2, -0.15) is 0 Å². The van der Waals surface area contributed by atoms with Crippen molar-refractivity contribution in [3.05, 3.63) is 23.8 Å². The Kier molecular flexibility index (Phi) is 3.35. The highest BCUT2D eigenvalue weighted by Crippen LogP contribution is 2.11. The molecule has 0 aliphatic heterocycles. The second-order valence-electron chi connectivity index (χ2n) is 2.32. The molecule has 0 aliphatic carbocycles. The van der Waals surface area contributed by atoms with Crippen molar-refractivity contribution in [2.45, 2.75) is 11.4 Å². The van der Waals surface area contributed by atoms with E-state index >= 15 is 0 Å². The average Bonchev–Trinajstić information content (AvgIpc) is 2.04. The van der Waals surface area contributed by atoms with Crippen LogP contribution in [0.4, 0.5) is 0 Å². The molecule has 0 spiro atoms. The van der Waals surface area contributed by atoms with Gasteiger partial charge in [0.05, 0.1) is 4.90 Å². The van der Waals surface area contributed by atoms with Crippen LogP contribution in [0, 0.1) is 0 Å². The molecule has 1 aromatic rings. The van der Waals surface area contributed by atoms with Gasteiger partial charge in [0.1, 0.15) is 0 Å². The molecule has 3 nitrogen and oxygen atoms in total. The molecule has 3 N–H and O–H groups in total. The molecule has 0 bridgehead atoms. The Morgan fingerprint density at radius 2 is 2.25 bits per heavy atom. The Morgan fingerprint density at radius 3 is 2.75 bits per heavy atom. The van der Waals surface area contributed by atoms with Gasteiger partial charge in [0.25, 0.3) is 0 Å². The molecule has 1 aromatic carbocycles. The summed E-state index contributed by atoms with van der Waals surface area (Å²) in [5, 5.41) is 0.879. The van der Waals surface area contributed by atoms with Crippen LogP contribution in [0.2, 0.25) is 0 Å². The lowest BCUT2D eigenvalue weighted by molar-refractivity contribution is 0.563. The molecule has 5 heteroatoms. The lowest BCUT2D eigenvalue weighted by atomic mass is 10.2. The summed E-state index contributed by atoms with van der Waals surface area (Å²) in [6.07, 6.45) is 0. The monoisotopic (exact) mass is 203 g/mol. The van der Waals surface area contributed by atoms with Crippen LogP contribution in [0.5, 0.6) is 0 Å². The molecule has 0 aliphatic rings. The number of benzene rings is 1. The van der Waals surface area contributed by atoms with Crippen LogP contribution in [0.3, 0.4) is 0 Å². The topological polar surface area (TPSA) is 63.3 Å². The predicted octanol–water partition coefficient (Wildman–Crippen LogP) is 0.226. The van der Waals surface area contributed by atoms with Crippen molar-refractivity contribution in [3.8, 4) is 0 Å². The van der Waals surface area contributed by atoms with Gasteiger partial charge >= 0.3 is 0 Å². The fourth-order valence-electron chi connectivity index (χ4n) is 0.902. The lowest BCUT2D eigenvalue weighted by Gasteiger charge is -2.03. The number of hydrogen-bond acceptors (Lipinski definition) is 2. The molecule has 0 heterocycles. The first kappa shape index (κ1) is 9.81. The third-order valence-corrected chi connectivity index (χ3v) is 2.61. The minimum atomic E-state index is -1.94. The van der Waals surface area contributed by atoms with Crippen molar-refractivity contribution in [1.82, 2.24) is 0 Å². The highest BCUT2D eigenvalue weighted by Gasteiger charge is 2.05. The molecule has 0 saturated heterocycles. The van der Waals surface area contributed by atoms with Crippen LogP contribution in [-0.2, 0) is 17.6 Å². The van der Waals surface area contributed by atoms with E-state index in [4.69, 9.17) is 10.3 Å². The molecule has 0 amide bonds. The summed E-state index contributed by atoms with van der Waals surface area (Å²) in [6, 6.07) is 5.23. The van der Waals surface area contributed by atoms with Gasteiger partial charge in [-0.1, -0.05) is 12.1 Å². The SMILES string of the molecule is NCc1ccc(P)cc1S(=O)O. The van der Waals surface area contributed by atoms with E-state index in [0.717, 1.165) is 5.30 Å². The van der Waals surface area contributed by atoms with E-state index in [9.17, 15) is 4.21 Å². The van der Waals surface area contributed by atoms with Crippen LogP contribution < -0.4 is 11.0 Å². The second kappa shape index (κ2) is 4.10. The molecule has 2 unspecified atom stereocenters. The first-order valence-electron chi connectivity index (χ1n) is 3.34. The van der Waals surface area contributed by atoms with E-state index in [1.54, 1.807) is 12.1 Å². The zero-order valence-corrected chi connectivity index (χ0v) is 8.33. The normalized spacial score (nSPS) is 12.9. The maximum atomic E-state index is 10.8. The Bertz CT molecular complexity index is 316. The Labute approximate surface area is 75.8 Å². The quantitative estimate of drug-likeness (QED) is 0.534. The van der Waals surface area contributed by atoms with Crippen LogP contribution in [0.1, 0.15) is 5.56 Å².